The average molecular weight is 332 g/mol. The van der Waals surface area contributed by atoms with Gasteiger partial charge in [-0.25, -0.2) is 4.98 Å². The van der Waals surface area contributed by atoms with Gasteiger partial charge in [-0.2, -0.15) is 0 Å². The highest BCUT2D eigenvalue weighted by atomic mass is 32.2. The van der Waals surface area contributed by atoms with E-state index >= 15 is 0 Å². The molecule has 0 atom stereocenters. The molecular weight excluding hydrogens is 316 g/mol. The van der Waals surface area contributed by atoms with Crippen LogP contribution < -0.4 is 16.6 Å². The number of nitrogens with one attached hydrogen (secondary N) is 2. The fourth-order valence-electron chi connectivity index (χ4n) is 1.86. The van der Waals surface area contributed by atoms with Crippen molar-refractivity contribution >= 4 is 29.3 Å². The van der Waals surface area contributed by atoms with E-state index in [2.05, 4.69) is 15.3 Å². The minimum Gasteiger partial charge on any atom is -0.366 e. The van der Waals surface area contributed by atoms with Crippen LogP contribution in [0.5, 0.6) is 0 Å². The fourth-order valence-corrected chi connectivity index (χ4v) is 2.55. The Labute approximate surface area is 136 Å². The molecule has 0 fully saturated rings. The molecule has 7 nitrogen and oxygen atoms in total. The number of aromatic nitrogens is 2. The largest absolute Gasteiger partial charge is 0.366 e. The molecular formula is C15H16N4O3S. The molecule has 2 rings (SSSR count). The number of rotatable bonds is 6. The molecule has 0 aliphatic carbocycles. The number of carbonyl (C=O) groups is 2. The number of nitrogens with two attached hydrogens (primary N) is 1. The predicted octanol–water partition coefficient (Wildman–Crippen LogP) is 1.16. The molecule has 0 aliphatic rings. The van der Waals surface area contributed by atoms with Gasteiger partial charge >= 0.3 is 0 Å². The number of nitrogens with zero attached hydrogens (tertiary/aromatic N) is 1. The van der Waals surface area contributed by atoms with E-state index in [1.54, 1.807) is 18.2 Å². The molecule has 0 aliphatic heterocycles. The number of aromatic amines is 1. The zero-order chi connectivity index (χ0) is 16.8. The van der Waals surface area contributed by atoms with Gasteiger partial charge in [-0.05, 0) is 18.6 Å². The maximum absolute atomic E-state index is 12.0. The zero-order valence-corrected chi connectivity index (χ0v) is 13.3. The molecule has 1 aromatic heterocycles. The quantitative estimate of drug-likeness (QED) is 0.542. The second-order valence-corrected chi connectivity index (χ2v) is 5.61. The van der Waals surface area contributed by atoms with Crippen LogP contribution in [0.25, 0.3) is 0 Å². The van der Waals surface area contributed by atoms with E-state index in [1.165, 1.54) is 12.1 Å². The smallest absolute Gasteiger partial charge is 0.251 e. The van der Waals surface area contributed by atoms with Gasteiger partial charge in [-0.15, -0.1) is 0 Å². The Morgan fingerprint density at radius 2 is 2.09 bits per heavy atom. The fraction of sp³-hybridized carbons (Fsp3) is 0.200. The molecule has 2 amide bonds. The number of hydrogen-bond donors (Lipinski definition) is 3. The SMILES string of the molecule is CCc1cc(=O)[nH]c(SCC(=O)Nc2ccccc2C(N)=O)n1. The van der Waals surface area contributed by atoms with Gasteiger partial charge in [0.2, 0.25) is 5.91 Å². The lowest BCUT2D eigenvalue weighted by atomic mass is 10.1. The highest BCUT2D eigenvalue weighted by molar-refractivity contribution is 7.99. The van der Waals surface area contributed by atoms with Crippen molar-refractivity contribution in [3.8, 4) is 0 Å². The number of carbonyl (C=O) groups excluding carboxylic acids is 2. The summed E-state index contributed by atoms with van der Waals surface area (Å²) in [6.07, 6.45) is 0.635. The number of primary amides is 1. The van der Waals surface area contributed by atoms with Crippen LogP contribution in [0.2, 0.25) is 0 Å². The van der Waals surface area contributed by atoms with Gasteiger partial charge in [0.1, 0.15) is 0 Å². The molecule has 4 N–H and O–H groups in total. The van der Waals surface area contributed by atoms with E-state index in [-0.39, 0.29) is 22.8 Å². The van der Waals surface area contributed by atoms with Gasteiger partial charge in [-0.3, -0.25) is 14.4 Å². The third-order valence-electron chi connectivity index (χ3n) is 2.94. The summed E-state index contributed by atoms with van der Waals surface area (Å²) < 4.78 is 0. The van der Waals surface area contributed by atoms with E-state index in [4.69, 9.17) is 5.73 Å². The van der Waals surface area contributed by atoms with Crippen molar-refractivity contribution in [3.05, 3.63) is 51.9 Å². The van der Waals surface area contributed by atoms with Crippen molar-refractivity contribution in [1.29, 1.82) is 0 Å². The molecule has 0 radical (unpaired) electrons. The monoisotopic (exact) mass is 332 g/mol. The maximum Gasteiger partial charge on any atom is 0.251 e. The maximum atomic E-state index is 12.0. The third-order valence-corrected chi connectivity index (χ3v) is 3.82. The zero-order valence-electron chi connectivity index (χ0n) is 12.5. The third kappa shape index (κ3) is 4.68. The van der Waals surface area contributed by atoms with E-state index in [1.807, 2.05) is 6.92 Å². The molecule has 0 unspecified atom stereocenters. The predicted molar refractivity (Wildman–Crippen MR) is 88.5 cm³/mol. The summed E-state index contributed by atoms with van der Waals surface area (Å²) in [6.45, 7) is 1.89. The Hall–Kier alpha value is -2.61. The van der Waals surface area contributed by atoms with Crippen molar-refractivity contribution in [3.63, 3.8) is 0 Å². The lowest BCUT2D eigenvalue weighted by Gasteiger charge is -2.08. The van der Waals surface area contributed by atoms with Crippen molar-refractivity contribution in [2.75, 3.05) is 11.1 Å². The second-order valence-electron chi connectivity index (χ2n) is 4.64. The molecule has 1 heterocycles. The molecule has 2 aromatic rings. The van der Waals surface area contributed by atoms with Crippen LogP contribution >= 0.6 is 11.8 Å². The van der Waals surface area contributed by atoms with Crippen molar-refractivity contribution in [2.24, 2.45) is 5.73 Å². The Bertz CT molecular complexity index is 788. The standard InChI is InChI=1S/C15H16N4O3S/c1-2-9-7-12(20)19-15(17-9)23-8-13(21)18-11-6-4-3-5-10(11)14(16)22/h3-7H,2,8H2,1H3,(H2,16,22)(H,18,21)(H,17,19,20). The van der Waals surface area contributed by atoms with Crippen molar-refractivity contribution in [2.45, 2.75) is 18.5 Å². The summed E-state index contributed by atoms with van der Waals surface area (Å²) >= 11 is 1.11. The van der Waals surface area contributed by atoms with Gasteiger partial charge in [0, 0.05) is 11.8 Å². The first-order valence-corrected chi connectivity index (χ1v) is 7.90. The van der Waals surface area contributed by atoms with Gasteiger partial charge < -0.3 is 16.0 Å². The molecule has 0 spiro atoms. The van der Waals surface area contributed by atoms with E-state index in [9.17, 15) is 14.4 Å². The summed E-state index contributed by atoms with van der Waals surface area (Å²) in [4.78, 5) is 41.6. The molecule has 0 bridgehead atoms. The minimum atomic E-state index is -0.616. The van der Waals surface area contributed by atoms with E-state index < -0.39 is 5.91 Å². The van der Waals surface area contributed by atoms with Crippen molar-refractivity contribution in [1.82, 2.24) is 9.97 Å². The molecule has 0 saturated carbocycles. The van der Waals surface area contributed by atoms with Crippen LogP contribution in [0.15, 0.2) is 40.3 Å². The molecule has 8 heteroatoms. The summed E-state index contributed by atoms with van der Waals surface area (Å²) in [5, 5.41) is 3.01. The topological polar surface area (TPSA) is 118 Å². The summed E-state index contributed by atoms with van der Waals surface area (Å²) in [5.41, 5.74) is 6.27. The number of amides is 2. The molecule has 0 saturated heterocycles. The Morgan fingerprint density at radius 3 is 2.78 bits per heavy atom. The number of benzene rings is 1. The highest BCUT2D eigenvalue weighted by Gasteiger charge is 2.11. The van der Waals surface area contributed by atoms with Gasteiger partial charge in [0.25, 0.3) is 11.5 Å². The normalized spacial score (nSPS) is 10.3. The molecule has 1 aromatic carbocycles. The van der Waals surface area contributed by atoms with Gasteiger partial charge in [-0.1, -0.05) is 30.8 Å². The van der Waals surface area contributed by atoms with Gasteiger partial charge in [0.15, 0.2) is 5.16 Å². The number of thioether (sulfide) groups is 1. The van der Waals surface area contributed by atoms with E-state index in [0.717, 1.165) is 11.8 Å². The lowest BCUT2D eigenvalue weighted by molar-refractivity contribution is -0.113. The Morgan fingerprint density at radius 1 is 1.35 bits per heavy atom. The summed E-state index contributed by atoms with van der Waals surface area (Å²) in [6, 6.07) is 7.91. The average Bonchev–Trinajstić information content (AvgIpc) is 2.52. The van der Waals surface area contributed by atoms with Crippen LogP contribution in [-0.4, -0.2) is 27.5 Å². The Kier molecular flexibility index (Phi) is 5.53. The lowest BCUT2D eigenvalue weighted by Crippen LogP contribution is -2.19. The number of H-pyrrole nitrogens is 1. The number of anilines is 1. The summed E-state index contributed by atoms with van der Waals surface area (Å²) in [7, 11) is 0. The first kappa shape index (κ1) is 16.8. The van der Waals surface area contributed by atoms with Crippen LogP contribution in [0, 0.1) is 0 Å². The minimum absolute atomic E-state index is 0.0448. The number of aryl methyl sites for hydroxylation is 1. The second kappa shape index (κ2) is 7.59. The van der Waals surface area contributed by atoms with Crippen LogP contribution in [0.3, 0.4) is 0 Å². The molecule has 120 valence electrons. The Balaban J connectivity index is 2.02. The van der Waals surface area contributed by atoms with E-state index in [0.29, 0.717) is 23.0 Å². The van der Waals surface area contributed by atoms with Crippen LogP contribution in [-0.2, 0) is 11.2 Å². The van der Waals surface area contributed by atoms with Crippen LogP contribution in [0.1, 0.15) is 23.0 Å². The summed E-state index contributed by atoms with van der Waals surface area (Å²) in [5.74, 6) is -0.896. The number of hydrogen-bond acceptors (Lipinski definition) is 5. The van der Waals surface area contributed by atoms with Crippen LogP contribution in [0.4, 0.5) is 5.69 Å². The van der Waals surface area contributed by atoms with Gasteiger partial charge in [0.05, 0.1) is 17.0 Å². The van der Waals surface area contributed by atoms with Crippen molar-refractivity contribution < 1.29 is 9.59 Å². The molecule has 23 heavy (non-hydrogen) atoms. The first-order chi connectivity index (χ1) is 11.0. The first-order valence-electron chi connectivity index (χ1n) is 6.91. The number of para-hydroxylation sites is 1. The highest BCUT2D eigenvalue weighted by Crippen LogP contribution is 2.16.